The zero-order valence-electron chi connectivity index (χ0n) is 16.4. The molecule has 1 spiro atoms. The third-order valence-corrected chi connectivity index (χ3v) is 6.01. The highest BCUT2D eigenvalue weighted by atomic mass is 16.2. The molecule has 1 aromatic heterocycles. The summed E-state index contributed by atoms with van der Waals surface area (Å²) in [6.45, 7) is 4.48. The number of anilines is 1. The molecule has 2 heterocycles. The van der Waals surface area contributed by atoms with Crippen molar-refractivity contribution in [1.29, 1.82) is 0 Å². The second-order valence-electron chi connectivity index (χ2n) is 8.09. The van der Waals surface area contributed by atoms with Crippen LogP contribution in [0.3, 0.4) is 0 Å². The van der Waals surface area contributed by atoms with E-state index in [-0.39, 0.29) is 23.3 Å². The Morgan fingerprint density at radius 3 is 2.89 bits per heavy atom. The van der Waals surface area contributed by atoms with Gasteiger partial charge < -0.3 is 5.32 Å². The molecule has 1 saturated carbocycles. The summed E-state index contributed by atoms with van der Waals surface area (Å²) in [6, 6.07) is 9.43. The van der Waals surface area contributed by atoms with Crippen molar-refractivity contribution in [3.63, 3.8) is 0 Å². The molecule has 0 radical (unpaired) electrons. The molecule has 1 N–H and O–H groups in total. The molecule has 2 fully saturated rings. The number of nitrogens with one attached hydrogen (secondary N) is 1. The topological polar surface area (TPSA) is 75.2 Å². The largest absolute Gasteiger partial charge is 0.349 e. The molecule has 146 valence electrons. The molecule has 6 heteroatoms. The number of aromatic nitrogens is 2. The number of carbonyl (C=O) groups excluding carboxylic acids is 2. The predicted molar refractivity (Wildman–Crippen MR) is 107 cm³/mol. The quantitative estimate of drug-likeness (QED) is 0.890. The van der Waals surface area contributed by atoms with Gasteiger partial charge in [-0.25, -0.2) is 9.97 Å². The molecule has 1 aromatic carbocycles. The first-order chi connectivity index (χ1) is 13.5. The van der Waals surface area contributed by atoms with Gasteiger partial charge in [0.2, 0.25) is 5.91 Å². The number of nitrogens with zero attached hydrogens (tertiary/aromatic N) is 3. The molecule has 2 amide bonds. The van der Waals surface area contributed by atoms with E-state index >= 15 is 0 Å². The van der Waals surface area contributed by atoms with E-state index in [0.29, 0.717) is 30.2 Å². The Labute approximate surface area is 165 Å². The summed E-state index contributed by atoms with van der Waals surface area (Å²) >= 11 is 0. The van der Waals surface area contributed by atoms with Gasteiger partial charge in [0, 0.05) is 24.3 Å². The molecule has 1 aliphatic heterocycles. The number of rotatable bonds is 3. The summed E-state index contributed by atoms with van der Waals surface area (Å²) in [5.41, 5.74) is 1.35. The Balaban J connectivity index is 1.47. The Hall–Kier alpha value is -2.76. The van der Waals surface area contributed by atoms with Crippen molar-refractivity contribution < 1.29 is 9.59 Å². The SMILES string of the molecule is Cc1cccc(C(=O)NC2CCCC3(CCN(c4ccnc(C)n4)C3=O)C2)c1. The first-order valence-corrected chi connectivity index (χ1v) is 9.96. The van der Waals surface area contributed by atoms with E-state index < -0.39 is 0 Å². The zero-order chi connectivity index (χ0) is 19.7. The summed E-state index contributed by atoms with van der Waals surface area (Å²) in [7, 11) is 0. The van der Waals surface area contributed by atoms with Gasteiger partial charge in [0.15, 0.2) is 0 Å². The van der Waals surface area contributed by atoms with Crippen molar-refractivity contribution in [3.05, 3.63) is 53.5 Å². The van der Waals surface area contributed by atoms with Crippen LogP contribution in [0.15, 0.2) is 36.5 Å². The highest BCUT2D eigenvalue weighted by Crippen LogP contribution is 2.45. The van der Waals surface area contributed by atoms with Gasteiger partial charge in [0.05, 0.1) is 5.41 Å². The monoisotopic (exact) mass is 378 g/mol. The van der Waals surface area contributed by atoms with Crippen LogP contribution in [0.1, 0.15) is 53.8 Å². The van der Waals surface area contributed by atoms with Gasteiger partial charge in [-0.2, -0.15) is 0 Å². The van der Waals surface area contributed by atoms with Crippen molar-refractivity contribution >= 4 is 17.6 Å². The average molecular weight is 378 g/mol. The number of benzene rings is 1. The molecule has 6 nitrogen and oxygen atoms in total. The summed E-state index contributed by atoms with van der Waals surface area (Å²) in [5, 5.41) is 3.16. The van der Waals surface area contributed by atoms with Crippen LogP contribution >= 0.6 is 0 Å². The maximum Gasteiger partial charge on any atom is 0.251 e. The van der Waals surface area contributed by atoms with Gasteiger partial charge in [0.25, 0.3) is 5.91 Å². The van der Waals surface area contributed by atoms with E-state index in [1.165, 1.54) is 0 Å². The summed E-state index contributed by atoms with van der Waals surface area (Å²) in [4.78, 5) is 36.3. The Kier molecular flexibility index (Phi) is 4.87. The van der Waals surface area contributed by atoms with Crippen LogP contribution in [0.2, 0.25) is 0 Å². The van der Waals surface area contributed by atoms with Gasteiger partial charge in [-0.05, 0) is 57.7 Å². The van der Waals surface area contributed by atoms with E-state index in [1.807, 2.05) is 38.1 Å². The summed E-state index contributed by atoms with van der Waals surface area (Å²) in [5.74, 6) is 1.43. The van der Waals surface area contributed by atoms with Crippen molar-refractivity contribution in [2.45, 2.75) is 52.0 Å². The lowest BCUT2D eigenvalue weighted by Crippen LogP contribution is -2.46. The fourth-order valence-corrected chi connectivity index (χ4v) is 4.60. The highest BCUT2D eigenvalue weighted by Gasteiger charge is 2.50. The van der Waals surface area contributed by atoms with Crippen LogP contribution in [-0.2, 0) is 4.79 Å². The Bertz CT molecular complexity index is 913. The molecule has 28 heavy (non-hydrogen) atoms. The van der Waals surface area contributed by atoms with Crippen LogP contribution in [0.5, 0.6) is 0 Å². The molecule has 2 atom stereocenters. The Morgan fingerprint density at radius 2 is 2.11 bits per heavy atom. The smallest absolute Gasteiger partial charge is 0.251 e. The van der Waals surface area contributed by atoms with Crippen molar-refractivity contribution in [2.75, 3.05) is 11.4 Å². The van der Waals surface area contributed by atoms with Crippen molar-refractivity contribution in [2.24, 2.45) is 5.41 Å². The minimum absolute atomic E-state index is 0.0257. The minimum atomic E-state index is -0.387. The van der Waals surface area contributed by atoms with Gasteiger partial charge in [-0.1, -0.05) is 24.1 Å². The lowest BCUT2D eigenvalue weighted by atomic mass is 9.71. The van der Waals surface area contributed by atoms with E-state index in [9.17, 15) is 9.59 Å². The molecule has 0 bridgehead atoms. The van der Waals surface area contributed by atoms with Crippen LogP contribution < -0.4 is 10.2 Å². The zero-order valence-corrected chi connectivity index (χ0v) is 16.4. The fraction of sp³-hybridized carbons (Fsp3) is 0.455. The molecule has 1 aliphatic carbocycles. The first kappa shape index (κ1) is 18.6. The normalized spacial score (nSPS) is 24.6. The van der Waals surface area contributed by atoms with Gasteiger partial charge in [0.1, 0.15) is 11.6 Å². The third-order valence-electron chi connectivity index (χ3n) is 6.01. The van der Waals surface area contributed by atoms with E-state index in [0.717, 1.165) is 31.2 Å². The number of hydrogen-bond donors (Lipinski definition) is 1. The van der Waals surface area contributed by atoms with Crippen molar-refractivity contribution in [3.8, 4) is 0 Å². The highest BCUT2D eigenvalue weighted by molar-refractivity contribution is 5.99. The number of hydrogen-bond acceptors (Lipinski definition) is 4. The van der Waals surface area contributed by atoms with E-state index in [2.05, 4.69) is 15.3 Å². The molecule has 1 saturated heterocycles. The fourth-order valence-electron chi connectivity index (χ4n) is 4.60. The molecule has 2 unspecified atom stereocenters. The lowest BCUT2D eigenvalue weighted by molar-refractivity contribution is -0.127. The van der Waals surface area contributed by atoms with Crippen LogP contribution in [0.4, 0.5) is 5.82 Å². The van der Waals surface area contributed by atoms with E-state index in [1.54, 1.807) is 17.2 Å². The van der Waals surface area contributed by atoms with Crippen LogP contribution in [-0.4, -0.2) is 34.4 Å². The summed E-state index contributed by atoms with van der Waals surface area (Å²) < 4.78 is 0. The van der Waals surface area contributed by atoms with Crippen LogP contribution in [0.25, 0.3) is 0 Å². The number of aryl methyl sites for hydroxylation is 2. The van der Waals surface area contributed by atoms with Gasteiger partial charge in [-0.3, -0.25) is 14.5 Å². The third kappa shape index (κ3) is 3.51. The van der Waals surface area contributed by atoms with E-state index in [4.69, 9.17) is 0 Å². The predicted octanol–water partition coefficient (Wildman–Crippen LogP) is 3.19. The minimum Gasteiger partial charge on any atom is -0.349 e. The maximum absolute atomic E-state index is 13.3. The lowest BCUT2D eigenvalue weighted by Gasteiger charge is -2.36. The molecular formula is C22H26N4O2. The standard InChI is InChI=1S/C22H26N4O2/c1-15-5-3-6-17(13-15)20(27)25-18-7-4-9-22(14-18)10-12-26(21(22)28)19-8-11-23-16(2)24-19/h3,5-6,8,11,13,18H,4,7,9-10,12,14H2,1-2H3,(H,25,27). The van der Waals surface area contributed by atoms with Crippen molar-refractivity contribution in [1.82, 2.24) is 15.3 Å². The molecular weight excluding hydrogens is 352 g/mol. The van der Waals surface area contributed by atoms with Crippen LogP contribution in [0, 0.1) is 19.3 Å². The summed E-state index contributed by atoms with van der Waals surface area (Å²) in [6.07, 6.45) is 5.95. The molecule has 2 aromatic rings. The molecule has 4 rings (SSSR count). The first-order valence-electron chi connectivity index (χ1n) is 9.96. The number of carbonyl (C=O) groups is 2. The second-order valence-corrected chi connectivity index (χ2v) is 8.09. The average Bonchev–Trinajstić information content (AvgIpc) is 2.97. The van der Waals surface area contributed by atoms with Gasteiger partial charge in [-0.15, -0.1) is 0 Å². The Morgan fingerprint density at radius 1 is 1.25 bits per heavy atom. The van der Waals surface area contributed by atoms with Gasteiger partial charge >= 0.3 is 0 Å². The second kappa shape index (κ2) is 7.34. The molecule has 2 aliphatic rings. The maximum atomic E-state index is 13.3. The number of amides is 2.